The van der Waals surface area contributed by atoms with Gasteiger partial charge in [-0.2, -0.15) is 5.10 Å². The summed E-state index contributed by atoms with van der Waals surface area (Å²) in [6.07, 6.45) is -0.703. The Balaban J connectivity index is 0.00000149. The van der Waals surface area contributed by atoms with E-state index in [1.165, 1.54) is 4.34 Å². The van der Waals surface area contributed by atoms with E-state index >= 15 is 0 Å². The SMILES string of the molecule is CC.CSc1cc(-c2cc(C)n(C)n2)ccc1Nc1cc(Cl)nc2c1nc(C(F)F)n2PI. The summed E-state index contributed by atoms with van der Waals surface area (Å²) in [6, 6.07) is 9.59. The summed E-state index contributed by atoms with van der Waals surface area (Å²) >= 11 is 9.81. The van der Waals surface area contributed by atoms with E-state index in [1.54, 1.807) is 17.8 Å². The number of aromatic nitrogens is 5. The fourth-order valence-corrected chi connectivity index (χ4v) is 5.83. The number of thioether (sulfide) groups is 1. The first-order chi connectivity index (χ1) is 15.8. The van der Waals surface area contributed by atoms with Gasteiger partial charge in [-0.3, -0.25) is 9.02 Å². The van der Waals surface area contributed by atoms with E-state index < -0.39 is 6.43 Å². The van der Waals surface area contributed by atoms with Crippen LogP contribution in [0.3, 0.4) is 0 Å². The van der Waals surface area contributed by atoms with Gasteiger partial charge in [0.15, 0.2) is 11.5 Å². The van der Waals surface area contributed by atoms with Crippen molar-refractivity contribution >= 4 is 74.3 Å². The molecular weight excluding hydrogens is 600 g/mol. The molecule has 0 amide bonds. The van der Waals surface area contributed by atoms with Crippen LogP contribution in [-0.2, 0) is 7.05 Å². The van der Waals surface area contributed by atoms with Crippen molar-refractivity contribution in [2.45, 2.75) is 32.1 Å². The molecule has 0 aliphatic carbocycles. The van der Waals surface area contributed by atoms with Crippen LogP contribution >= 0.6 is 51.8 Å². The van der Waals surface area contributed by atoms with Crippen molar-refractivity contribution in [3.8, 4) is 11.3 Å². The van der Waals surface area contributed by atoms with E-state index in [9.17, 15) is 8.78 Å². The van der Waals surface area contributed by atoms with Crippen LogP contribution in [0, 0.1) is 6.92 Å². The number of hydrogen-bond donors (Lipinski definition) is 1. The van der Waals surface area contributed by atoms with Crippen LogP contribution < -0.4 is 5.32 Å². The number of fused-ring (bicyclic) bond motifs is 1. The highest BCUT2D eigenvalue weighted by Gasteiger charge is 2.22. The zero-order valence-electron chi connectivity index (χ0n) is 18.6. The maximum Gasteiger partial charge on any atom is 0.295 e. The summed E-state index contributed by atoms with van der Waals surface area (Å²) in [5.41, 5.74) is 4.99. The molecule has 4 aromatic rings. The number of nitrogens with one attached hydrogen (secondary N) is 1. The topological polar surface area (TPSA) is 60.6 Å². The molecule has 4 rings (SSSR count). The summed E-state index contributed by atoms with van der Waals surface area (Å²) < 4.78 is 30.2. The number of imidazole rings is 1. The van der Waals surface area contributed by atoms with Crippen molar-refractivity contribution in [2.75, 3.05) is 11.6 Å². The second-order valence-electron chi connectivity index (χ2n) is 6.69. The average molecular weight is 623 g/mol. The summed E-state index contributed by atoms with van der Waals surface area (Å²) in [5, 5.41) is 8.06. The number of benzene rings is 1. The van der Waals surface area contributed by atoms with E-state index in [1.807, 2.05) is 85.1 Å². The third kappa shape index (κ3) is 5.44. The second kappa shape index (κ2) is 11.3. The van der Waals surface area contributed by atoms with Crippen molar-refractivity contribution < 1.29 is 8.78 Å². The highest BCUT2D eigenvalue weighted by Crippen LogP contribution is 2.39. The van der Waals surface area contributed by atoms with E-state index in [-0.39, 0.29) is 17.4 Å². The smallest absolute Gasteiger partial charge is 0.295 e. The Morgan fingerprint density at radius 3 is 2.45 bits per heavy atom. The number of aryl methyl sites for hydroxylation is 2. The predicted molar refractivity (Wildman–Crippen MR) is 145 cm³/mol. The van der Waals surface area contributed by atoms with E-state index in [0.717, 1.165) is 27.5 Å². The van der Waals surface area contributed by atoms with Crippen molar-refractivity contribution in [3.63, 3.8) is 0 Å². The lowest BCUT2D eigenvalue weighted by Crippen LogP contribution is -1.96. The molecule has 1 N–H and O–H groups in total. The van der Waals surface area contributed by atoms with Gasteiger partial charge in [-0.05, 0) is 53.4 Å². The zero-order chi connectivity index (χ0) is 24.3. The average Bonchev–Trinajstić information content (AvgIpc) is 3.35. The highest BCUT2D eigenvalue weighted by atomic mass is 127. The van der Waals surface area contributed by atoms with Gasteiger partial charge in [0.25, 0.3) is 6.43 Å². The van der Waals surface area contributed by atoms with Gasteiger partial charge in [0.05, 0.1) is 23.4 Å². The molecule has 176 valence electrons. The largest absolute Gasteiger partial charge is 0.353 e. The van der Waals surface area contributed by atoms with Crippen LogP contribution in [0.5, 0.6) is 0 Å². The molecule has 0 aliphatic heterocycles. The molecule has 0 spiro atoms. The van der Waals surface area contributed by atoms with Crippen molar-refractivity contribution in [1.82, 2.24) is 24.1 Å². The minimum Gasteiger partial charge on any atom is -0.353 e. The summed E-state index contributed by atoms with van der Waals surface area (Å²) in [4.78, 5) is 9.38. The van der Waals surface area contributed by atoms with Crippen LogP contribution in [0.15, 0.2) is 35.2 Å². The van der Waals surface area contributed by atoms with Crippen LogP contribution in [0.1, 0.15) is 31.8 Å². The van der Waals surface area contributed by atoms with Gasteiger partial charge in [0, 0.05) is 29.3 Å². The first-order valence-electron chi connectivity index (χ1n) is 10.0. The number of alkyl halides is 2. The number of pyridine rings is 1. The molecule has 12 heteroatoms. The highest BCUT2D eigenvalue weighted by molar-refractivity contribution is 14.2. The maximum absolute atomic E-state index is 13.5. The van der Waals surface area contributed by atoms with Crippen LogP contribution in [-0.4, -0.2) is 30.3 Å². The molecule has 0 bridgehead atoms. The molecule has 1 unspecified atom stereocenters. The molecule has 0 saturated heterocycles. The van der Waals surface area contributed by atoms with E-state index in [0.29, 0.717) is 16.9 Å². The molecule has 0 saturated carbocycles. The zero-order valence-corrected chi connectivity index (χ0v) is 23.4. The van der Waals surface area contributed by atoms with Gasteiger partial charge in [-0.25, -0.2) is 18.7 Å². The summed E-state index contributed by atoms with van der Waals surface area (Å²) in [5.74, 6) is -0.313. The molecule has 0 aliphatic rings. The van der Waals surface area contributed by atoms with Gasteiger partial charge in [-0.1, -0.05) is 31.5 Å². The monoisotopic (exact) mass is 622 g/mol. The number of anilines is 2. The maximum atomic E-state index is 13.5. The molecular formula is C21H23ClF2IN6PS. The van der Waals surface area contributed by atoms with Gasteiger partial charge in [0.1, 0.15) is 10.7 Å². The van der Waals surface area contributed by atoms with Gasteiger partial charge >= 0.3 is 0 Å². The number of hydrogen-bond acceptors (Lipinski definition) is 5. The van der Waals surface area contributed by atoms with Gasteiger partial charge in [0.2, 0.25) is 0 Å². The Bertz CT molecular complexity index is 1260. The third-order valence-corrected chi connectivity index (χ3v) is 7.80. The Morgan fingerprint density at radius 1 is 1.15 bits per heavy atom. The quantitative estimate of drug-likeness (QED) is 0.102. The normalized spacial score (nSPS) is 11.5. The Kier molecular flexibility index (Phi) is 8.94. The molecule has 0 fully saturated rings. The molecule has 3 aromatic heterocycles. The third-order valence-electron chi connectivity index (χ3n) is 4.77. The molecule has 3 heterocycles. The lowest BCUT2D eigenvalue weighted by Gasteiger charge is -2.13. The van der Waals surface area contributed by atoms with Gasteiger partial charge in [-0.15, -0.1) is 11.8 Å². The number of nitrogens with zero attached hydrogens (tertiary/aromatic N) is 5. The van der Waals surface area contributed by atoms with Gasteiger partial charge < -0.3 is 5.32 Å². The molecule has 1 atom stereocenters. The lowest BCUT2D eigenvalue weighted by atomic mass is 10.1. The Hall–Kier alpha value is -1.49. The first kappa shape index (κ1) is 26.1. The predicted octanol–water partition coefficient (Wildman–Crippen LogP) is 8.01. The Labute approximate surface area is 215 Å². The molecule has 1 aromatic carbocycles. The first-order valence-corrected chi connectivity index (χ1v) is 15.7. The second-order valence-corrected chi connectivity index (χ2v) is 9.99. The van der Waals surface area contributed by atoms with Crippen molar-refractivity contribution in [2.24, 2.45) is 7.05 Å². The van der Waals surface area contributed by atoms with Crippen LogP contribution in [0.25, 0.3) is 22.4 Å². The number of halogens is 4. The standard InChI is InChI=1S/C19H17ClF2IN6PS.C2H6/c1-9-6-12(27-28(9)2)10-4-5-11(14(7-10)31-3)24-13-8-15(20)25-18-16(13)26-19(17(21)22)29(18)30-23;1-2/h4-8,17,30H,1-3H3,(H,24,25);1-2H3. The minimum absolute atomic E-state index is 0.0235. The lowest BCUT2D eigenvalue weighted by molar-refractivity contribution is 0.140. The van der Waals surface area contributed by atoms with Crippen LogP contribution in [0.2, 0.25) is 5.15 Å². The Morgan fingerprint density at radius 2 is 1.88 bits per heavy atom. The fraction of sp³-hybridized carbons (Fsp3) is 0.286. The van der Waals surface area contributed by atoms with Crippen molar-refractivity contribution in [3.05, 3.63) is 47.0 Å². The van der Waals surface area contributed by atoms with E-state index in [4.69, 9.17) is 11.6 Å². The number of rotatable bonds is 6. The molecule has 33 heavy (non-hydrogen) atoms. The summed E-state index contributed by atoms with van der Waals surface area (Å²) in [7, 11) is 1.91. The van der Waals surface area contributed by atoms with Crippen LogP contribution in [0.4, 0.5) is 20.2 Å². The molecule has 0 radical (unpaired) electrons. The van der Waals surface area contributed by atoms with Crippen molar-refractivity contribution in [1.29, 1.82) is 0 Å². The molecule has 6 nitrogen and oxygen atoms in total. The van der Waals surface area contributed by atoms with E-state index in [2.05, 4.69) is 20.4 Å². The fourth-order valence-electron chi connectivity index (χ4n) is 3.16. The minimum atomic E-state index is -2.70. The summed E-state index contributed by atoms with van der Waals surface area (Å²) in [6.45, 7) is 6.00.